The van der Waals surface area contributed by atoms with Gasteiger partial charge in [-0.1, -0.05) is 12.1 Å². The van der Waals surface area contributed by atoms with Gasteiger partial charge in [-0.05, 0) is 36.4 Å². The first-order valence-electron chi connectivity index (χ1n) is 7.97. The number of amides is 2. The molecule has 3 aromatic rings. The predicted octanol–water partition coefficient (Wildman–Crippen LogP) is 4.82. The zero-order valence-corrected chi connectivity index (χ0v) is 15.0. The van der Waals surface area contributed by atoms with Crippen LogP contribution in [0.4, 0.5) is 29.5 Å². The number of thiophene rings is 1. The fourth-order valence-electron chi connectivity index (χ4n) is 2.23. The molecule has 0 aliphatic carbocycles. The van der Waals surface area contributed by atoms with Gasteiger partial charge in [0.15, 0.2) is 5.76 Å². The highest BCUT2D eigenvalue weighted by molar-refractivity contribution is 7.18. The van der Waals surface area contributed by atoms with Crippen molar-refractivity contribution in [3.63, 3.8) is 0 Å². The number of halogens is 3. The van der Waals surface area contributed by atoms with Gasteiger partial charge in [-0.15, -0.1) is 11.3 Å². The van der Waals surface area contributed by atoms with Crippen LogP contribution in [0.15, 0.2) is 59.2 Å². The lowest BCUT2D eigenvalue weighted by atomic mass is 10.2. The lowest BCUT2D eigenvalue weighted by Crippen LogP contribution is -2.22. The molecule has 1 aromatic carbocycles. The number of nitrogens with one attached hydrogen (secondary N) is 3. The van der Waals surface area contributed by atoms with Crippen LogP contribution in [0, 0.1) is 0 Å². The third-order valence-electron chi connectivity index (χ3n) is 3.47. The molecule has 3 rings (SSSR count). The molecule has 0 aliphatic heterocycles. The van der Waals surface area contributed by atoms with E-state index in [0.29, 0.717) is 5.00 Å². The molecule has 0 fully saturated rings. The third kappa shape index (κ3) is 5.13. The largest absolute Gasteiger partial charge is 0.459 e. The Kier molecular flexibility index (Phi) is 5.69. The molecular weight excluding hydrogens is 395 g/mol. The molecule has 0 aliphatic rings. The maximum absolute atomic E-state index is 12.4. The molecule has 0 atom stereocenters. The normalized spacial score (nSPS) is 11.1. The second-order valence-electron chi connectivity index (χ2n) is 5.56. The lowest BCUT2D eigenvalue weighted by molar-refractivity contribution is -0.115. The van der Waals surface area contributed by atoms with Gasteiger partial charge < -0.3 is 20.4 Å². The van der Waals surface area contributed by atoms with Crippen molar-refractivity contribution in [3.05, 3.63) is 65.4 Å². The number of hydrogen-bond donors (Lipinski definition) is 3. The summed E-state index contributed by atoms with van der Waals surface area (Å²) in [5, 5.41) is 7.85. The number of hydrogen-bond acceptors (Lipinski definition) is 5. The van der Waals surface area contributed by atoms with Crippen molar-refractivity contribution in [2.75, 3.05) is 22.5 Å². The first-order valence-corrected chi connectivity index (χ1v) is 8.79. The van der Waals surface area contributed by atoms with Crippen LogP contribution in [0.5, 0.6) is 0 Å². The number of carbonyl (C=O) groups is 2. The number of alkyl halides is 3. The standard InChI is InChI=1S/C18H14F3N3O3S/c19-18(20,21)10-22-11-4-1-2-5-12(11)23-17(26)14-7-8-15(28-14)24-16(25)13-6-3-9-27-13/h1-9,22H,10H2,(H,23,26)(H,24,25). The summed E-state index contributed by atoms with van der Waals surface area (Å²) >= 11 is 1.02. The van der Waals surface area contributed by atoms with Gasteiger partial charge in [0.1, 0.15) is 6.54 Å². The van der Waals surface area contributed by atoms with Gasteiger partial charge in [-0.3, -0.25) is 9.59 Å². The minimum atomic E-state index is -4.38. The maximum Gasteiger partial charge on any atom is 0.405 e. The summed E-state index contributed by atoms with van der Waals surface area (Å²) in [4.78, 5) is 24.6. The minimum absolute atomic E-state index is 0.129. The van der Waals surface area contributed by atoms with Crippen molar-refractivity contribution >= 4 is 39.5 Å². The van der Waals surface area contributed by atoms with E-state index in [9.17, 15) is 22.8 Å². The molecule has 6 nitrogen and oxygen atoms in total. The number of furan rings is 1. The van der Waals surface area contributed by atoms with Gasteiger partial charge >= 0.3 is 6.18 Å². The van der Waals surface area contributed by atoms with E-state index < -0.39 is 24.5 Å². The van der Waals surface area contributed by atoms with Crippen LogP contribution >= 0.6 is 11.3 Å². The Morgan fingerprint density at radius 2 is 1.68 bits per heavy atom. The van der Waals surface area contributed by atoms with E-state index in [2.05, 4.69) is 16.0 Å². The summed E-state index contributed by atoms with van der Waals surface area (Å²) in [7, 11) is 0. The molecule has 10 heteroatoms. The zero-order chi connectivity index (χ0) is 20.1. The van der Waals surface area contributed by atoms with E-state index in [4.69, 9.17) is 4.42 Å². The first kappa shape index (κ1) is 19.5. The topological polar surface area (TPSA) is 83.4 Å². The van der Waals surface area contributed by atoms with E-state index in [-0.39, 0.29) is 22.0 Å². The monoisotopic (exact) mass is 409 g/mol. The lowest BCUT2D eigenvalue weighted by Gasteiger charge is -2.14. The highest BCUT2D eigenvalue weighted by Crippen LogP contribution is 2.27. The maximum atomic E-state index is 12.4. The molecular formula is C18H14F3N3O3S. The SMILES string of the molecule is O=C(Nc1ccc(C(=O)Nc2ccccc2NCC(F)(F)F)s1)c1ccco1. The summed E-state index contributed by atoms with van der Waals surface area (Å²) in [6, 6.07) is 12.2. The van der Waals surface area contributed by atoms with E-state index in [1.54, 1.807) is 24.3 Å². The first-order chi connectivity index (χ1) is 13.3. The van der Waals surface area contributed by atoms with Crippen molar-refractivity contribution in [2.24, 2.45) is 0 Å². The van der Waals surface area contributed by atoms with Crippen molar-refractivity contribution in [2.45, 2.75) is 6.18 Å². The second kappa shape index (κ2) is 8.17. The summed E-state index contributed by atoms with van der Waals surface area (Å²) < 4.78 is 42.2. The fraction of sp³-hybridized carbons (Fsp3) is 0.111. The molecule has 0 bridgehead atoms. The van der Waals surface area contributed by atoms with Crippen LogP contribution in [0.1, 0.15) is 20.2 Å². The average molecular weight is 409 g/mol. The van der Waals surface area contributed by atoms with Gasteiger partial charge in [0.05, 0.1) is 27.5 Å². The van der Waals surface area contributed by atoms with Crippen LogP contribution in [0.3, 0.4) is 0 Å². The van der Waals surface area contributed by atoms with E-state index in [1.807, 2.05) is 0 Å². The summed E-state index contributed by atoms with van der Waals surface area (Å²) in [5.74, 6) is -0.839. The van der Waals surface area contributed by atoms with Crippen LogP contribution in [-0.2, 0) is 0 Å². The van der Waals surface area contributed by atoms with Crippen LogP contribution in [0.25, 0.3) is 0 Å². The van der Waals surface area contributed by atoms with Crippen LogP contribution in [0.2, 0.25) is 0 Å². The number of carbonyl (C=O) groups excluding carboxylic acids is 2. The van der Waals surface area contributed by atoms with Crippen LogP contribution in [-0.4, -0.2) is 24.5 Å². The fourth-order valence-corrected chi connectivity index (χ4v) is 3.03. The number of anilines is 3. The molecule has 0 radical (unpaired) electrons. The Morgan fingerprint density at radius 3 is 2.36 bits per heavy atom. The van der Waals surface area contributed by atoms with Crippen molar-refractivity contribution < 1.29 is 27.2 Å². The summed E-state index contributed by atoms with van der Waals surface area (Å²) in [6.45, 7) is -1.22. The molecule has 28 heavy (non-hydrogen) atoms. The Balaban J connectivity index is 1.66. The van der Waals surface area contributed by atoms with Gasteiger partial charge in [0, 0.05) is 0 Å². The Labute approximate surface area is 161 Å². The quantitative estimate of drug-likeness (QED) is 0.545. The van der Waals surface area contributed by atoms with Gasteiger partial charge in [-0.2, -0.15) is 13.2 Å². The Bertz CT molecular complexity index is 968. The van der Waals surface area contributed by atoms with Gasteiger partial charge in [-0.25, -0.2) is 0 Å². The number of rotatable bonds is 6. The predicted molar refractivity (Wildman–Crippen MR) is 99.9 cm³/mol. The number of benzene rings is 1. The molecule has 2 aromatic heterocycles. The van der Waals surface area contributed by atoms with E-state index in [0.717, 1.165) is 11.3 Å². The summed E-state index contributed by atoms with van der Waals surface area (Å²) in [6.07, 6.45) is -3.02. The molecule has 0 saturated heterocycles. The molecule has 0 saturated carbocycles. The molecule has 2 amide bonds. The van der Waals surface area contributed by atoms with Crippen molar-refractivity contribution in [3.8, 4) is 0 Å². The van der Waals surface area contributed by atoms with E-state index >= 15 is 0 Å². The molecule has 0 spiro atoms. The molecule has 146 valence electrons. The Morgan fingerprint density at radius 1 is 0.929 bits per heavy atom. The van der Waals surface area contributed by atoms with Crippen molar-refractivity contribution in [1.82, 2.24) is 0 Å². The van der Waals surface area contributed by atoms with Crippen molar-refractivity contribution in [1.29, 1.82) is 0 Å². The second-order valence-corrected chi connectivity index (χ2v) is 6.65. The smallest absolute Gasteiger partial charge is 0.405 e. The van der Waals surface area contributed by atoms with E-state index in [1.165, 1.54) is 30.5 Å². The van der Waals surface area contributed by atoms with Crippen LogP contribution < -0.4 is 16.0 Å². The Hall–Kier alpha value is -3.27. The summed E-state index contributed by atoms with van der Waals surface area (Å²) in [5.41, 5.74) is 0.363. The molecule has 2 heterocycles. The highest BCUT2D eigenvalue weighted by atomic mass is 32.1. The zero-order valence-electron chi connectivity index (χ0n) is 14.2. The highest BCUT2D eigenvalue weighted by Gasteiger charge is 2.27. The molecule has 3 N–H and O–H groups in total. The average Bonchev–Trinajstić information content (AvgIpc) is 3.32. The third-order valence-corrected chi connectivity index (χ3v) is 4.47. The molecule has 0 unspecified atom stereocenters. The minimum Gasteiger partial charge on any atom is -0.459 e. The van der Waals surface area contributed by atoms with Gasteiger partial charge in [0.25, 0.3) is 11.8 Å². The van der Waals surface area contributed by atoms with Gasteiger partial charge in [0.2, 0.25) is 0 Å². The number of para-hydroxylation sites is 2.